The van der Waals surface area contributed by atoms with Crippen LogP contribution < -0.4 is 15.5 Å². The Kier molecular flexibility index (Phi) is 5.56. The van der Waals surface area contributed by atoms with Crippen LogP contribution in [0.25, 0.3) is 0 Å². The van der Waals surface area contributed by atoms with E-state index in [0.29, 0.717) is 18.2 Å². The number of carbonyl (C=O) groups excluding carboxylic acids is 1. The Morgan fingerprint density at radius 2 is 1.96 bits per heavy atom. The van der Waals surface area contributed by atoms with Gasteiger partial charge in [0.25, 0.3) is 5.91 Å². The lowest BCUT2D eigenvalue weighted by Gasteiger charge is -2.35. The summed E-state index contributed by atoms with van der Waals surface area (Å²) in [5.41, 5.74) is 0.696. The Morgan fingerprint density at radius 1 is 1.21 bits per heavy atom. The first-order valence-corrected chi connectivity index (χ1v) is 9.23. The predicted octanol–water partition coefficient (Wildman–Crippen LogP) is 1.94. The summed E-state index contributed by atoms with van der Waals surface area (Å²) >= 11 is 0. The maximum atomic E-state index is 12.3. The molecular weight excluding hydrogens is 302 g/mol. The van der Waals surface area contributed by atoms with Crippen molar-refractivity contribution in [1.82, 2.24) is 15.2 Å². The van der Waals surface area contributed by atoms with Crippen LogP contribution in [-0.4, -0.2) is 61.1 Å². The minimum absolute atomic E-state index is 0.0231. The summed E-state index contributed by atoms with van der Waals surface area (Å²) < 4.78 is 0. The molecule has 1 aliphatic heterocycles. The van der Waals surface area contributed by atoms with Gasteiger partial charge in [-0.2, -0.15) is 0 Å². The van der Waals surface area contributed by atoms with Gasteiger partial charge < -0.3 is 20.4 Å². The summed E-state index contributed by atoms with van der Waals surface area (Å²) in [6.45, 7) is 9.89. The summed E-state index contributed by atoms with van der Waals surface area (Å²) in [5, 5.41) is 6.38. The van der Waals surface area contributed by atoms with Gasteiger partial charge in [0.05, 0.1) is 0 Å². The third-order valence-electron chi connectivity index (χ3n) is 5.01. The second-order valence-corrected chi connectivity index (χ2v) is 6.65. The Labute approximate surface area is 144 Å². The van der Waals surface area contributed by atoms with Crippen LogP contribution in [0, 0.1) is 0 Å². The second-order valence-electron chi connectivity index (χ2n) is 6.65. The molecule has 2 heterocycles. The first kappa shape index (κ1) is 17.0. The zero-order chi connectivity index (χ0) is 16.9. The molecule has 1 amide bonds. The van der Waals surface area contributed by atoms with Gasteiger partial charge in [0.15, 0.2) is 0 Å². The van der Waals surface area contributed by atoms with Gasteiger partial charge in [-0.25, -0.2) is 4.98 Å². The number of likely N-dealkylation sites (N-methyl/N-ethyl adjacent to an activating group) is 1. The summed E-state index contributed by atoms with van der Waals surface area (Å²) in [6.07, 6.45) is 3.66. The number of anilines is 2. The van der Waals surface area contributed by atoms with Crippen LogP contribution in [0.15, 0.2) is 12.1 Å². The molecule has 6 heteroatoms. The van der Waals surface area contributed by atoms with Crippen molar-refractivity contribution >= 4 is 17.5 Å². The zero-order valence-corrected chi connectivity index (χ0v) is 14.8. The minimum atomic E-state index is -0.0231. The monoisotopic (exact) mass is 331 g/mol. The van der Waals surface area contributed by atoms with E-state index >= 15 is 0 Å². The van der Waals surface area contributed by atoms with E-state index in [2.05, 4.69) is 27.4 Å². The van der Waals surface area contributed by atoms with Gasteiger partial charge in [0, 0.05) is 44.3 Å². The summed E-state index contributed by atoms with van der Waals surface area (Å²) in [7, 11) is 0. The predicted molar refractivity (Wildman–Crippen MR) is 97.8 cm³/mol. The number of pyridine rings is 1. The molecule has 132 valence electrons. The van der Waals surface area contributed by atoms with E-state index < -0.39 is 0 Å². The maximum Gasteiger partial charge on any atom is 0.251 e. The van der Waals surface area contributed by atoms with Crippen LogP contribution in [0.4, 0.5) is 11.6 Å². The molecule has 0 unspecified atom stereocenters. The molecule has 0 atom stereocenters. The zero-order valence-electron chi connectivity index (χ0n) is 14.8. The number of rotatable bonds is 6. The van der Waals surface area contributed by atoms with Gasteiger partial charge in [-0.05, 0) is 44.9 Å². The molecule has 1 aromatic heterocycles. The smallest absolute Gasteiger partial charge is 0.251 e. The minimum Gasteiger partial charge on any atom is -0.367 e. The highest BCUT2D eigenvalue weighted by atomic mass is 16.1. The molecule has 0 aromatic carbocycles. The van der Waals surface area contributed by atoms with Crippen LogP contribution >= 0.6 is 0 Å². The van der Waals surface area contributed by atoms with Crippen LogP contribution in [0.3, 0.4) is 0 Å². The fourth-order valence-electron chi connectivity index (χ4n) is 3.20. The molecule has 3 rings (SSSR count). The normalized spacial score (nSPS) is 19.0. The summed E-state index contributed by atoms with van der Waals surface area (Å²) in [4.78, 5) is 21.8. The van der Waals surface area contributed by atoms with Crippen LogP contribution in [0.5, 0.6) is 0 Å². The number of nitrogens with zero attached hydrogens (tertiary/aromatic N) is 3. The molecule has 24 heavy (non-hydrogen) atoms. The third kappa shape index (κ3) is 3.98. The Bertz CT molecular complexity index is 565. The Balaban J connectivity index is 1.79. The molecule has 2 fully saturated rings. The van der Waals surface area contributed by atoms with Crippen molar-refractivity contribution in [2.24, 2.45) is 0 Å². The Hall–Kier alpha value is -1.82. The van der Waals surface area contributed by atoms with Crippen molar-refractivity contribution in [3.05, 3.63) is 17.7 Å². The van der Waals surface area contributed by atoms with Crippen LogP contribution in [0.1, 0.15) is 43.5 Å². The van der Waals surface area contributed by atoms with Gasteiger partial charge in [0.1, 0.15) is 11.6 Å². The van der Waals surface area contributed by atoms with Gasteiger partial charge in [-0.1, -0.05) is 6.92 Å². The van der Waals surface area contributed by atoms with Gasteiger partial charge in [-0.3, -0.25) is 4.79 Å². The first-order chi connectivity index (χ1) is 11.7. The molecule has 1 aromatic rings. The van der Waals surface area contributed by atoms with Crippen molar-refractivity contribution in [2.45, 2.75) is 39.2 Å². The second kappa shape index (κ2) is 7.83. The number of carbonyl (C=O) groups is 1. The van der Waals surface area contributed by atoms with E-state index in [9.17, 15) is 4.79 Å². The molecule has 1 saturated heterocycles. The molecule has 0 radical (unpaired) electrons. The number of nitrogens with one attached hydrogen (secondary N) is 2. The highest BCUT2D eigenvalue weighted by molar-refractivity contribution is 5.95. The highest BCUT2D eigenvalue weighted by Gasteiger charge is 2.21. The number of aromatic nitrogens is 1. The standard InChI is InChI=1S/C18H29N5O/c1-3-19-18(24)14-12-16(20-15-6-5-7-15)21-17(13-14)23-10-8-22(4-2)9-11-23/h12-13,15H,3-11H2,1-2H3,(H,19,24)(H,20,21). The number of amides is 1. The van der Waals surface area contributed by atoms with E-state index in [1.54, 1.807) is 0 Å². The van der Waals surface area contributed by atoms with E-state index in [1.165, 1.54) is 19.3 Å². The molecule has 2 N–H and O–H groups in total. The Morgan fingerprint density at radius 3 is 2.54 bits per heavy atom. The average molecular weight is 331 g/mol. The van der Waals surface area contributed by atoms with Gasteiger partial charge in [0.2, 0.25) is 0 Å². The topological polar surface area (TPSA) is 60.5 Å². The van der Waals surface area contributed by atoms with Crippen LogP contribution in [-0.2, 0) is 0 Å². The molecule has 0 spiro atoms. The van der Waals surface area contributed by atoms with Crippen molar-refractivity contribution < 1.29 is 4.79 Å². The molecular formula is C18H29N5O. The summed E-state index contributed by atoms with van der Waals surface area (Å²) in [5.74, 6) is 1.72. The molecule has 0 bridgehead atoms. The van der Waals surface area contributed by atoms with Crippen molar-refractivity contribution in [3.8, 4) is 0 Å². The van der Waals surface area contributed by atoms with E-state index in [-0.39, 0.29) is 5.91 Å². The van der Waals surface area contributed by atoms with Crippen LogP contribution in [0.2, 0.25) is 0 Å². The van der Waals surface area contributed by atoms with Crippen molar-refractivity contribution in [3.63, 3.8) is 0 Å². The SMILES string of the molecule is CCNC(=O)c1cc(NC2CCC2)nc(N2CCN(CC)CC2)c1. The first-order valence-electron chi connectivity index (χ1n) is 9.23. The number of hydrogen-bond donors (Lipinski definition) is 2. The summed E-state index contributed by atoms with van der Waals surface area (Å²) in [6, 6.07) is 4.32. The molecule has 1 aliphatic carbocycles. The van der Waals surface area contributed by atoms with E-state index in [0.717, 1.165) is 44.4 Å². The van der Waals surface area contributed by atoms with Gasteiger partial charge in [-0.15, -0.1) is 0 Å². The largest absolute Gasteiger partial charge is 0.367 e. The number of piperazine rings is 1. The van der Waals surface area contributed by atoms with Crippen molar-refractivity contribution in [2.75, 3.05) is 49.5 Å². The van der Waals surface area contributed by atoms with Crippen molar-refractivity contribution in [1.29, 1.82) is 0 Å². The molecule has 2 aliphatic rings. The molecule has 6 nitrogen and oxygen atoms in total. The quantitative estimate of drug-likeness (QED) is 0.834. The third-order valence-corrected chi connectivity index (χ3v) is 5.01. The lowest BCUT2D eigenvalue weighted by molar-refractivity contribution is 0.0955. The lowest BCUT2D eigenvalue weighted by atomic mass is 9.93. The highest BCUT2D eigenvalue weighted by Crippen LogP contribution is 2.25. The van der Waals surface area contributed by atoms with Gasteiger partial charge >= 0.3 is 0 Å². The average Bonchev–Trinajstić information content (AvgIpc) is 2.58. The van der Waals surface area contributed by atoms with E-state index in [1.807, 2.05) is 19.1 Å². The molecule has 1 saturated carbocycles. The fourth-order valence-corrected chi connectivity index (χ4v) is 3.20. The number of hydrogen-bond acceptors (Lipinski definition) is 5. The maximum absolute atomic E-state index is 12.3. The van der Waals surface area contributed by atoms with E-state index in [4.69, 9.17) is 4.98 Å². The lowest BCUT2D eigenvalue weighted by Crippen LogP contribution is -2.46. The fraction of sp³-hybridized carbons (Fsp3) is 0.667.